The number of thiazole rings is 2. The second-order valence-corrected chi connectivity index (χ2v) is 12.9. The van der Waals surface area contributed by atoms with Crippen LogP contribution in [0.5, 0.6) is 0 Å². The third-order valence-corrected chi connectivity index (χ3v) is 7.79. The first-order valence-electron chi connectivity index (χ1n) is 13.8. The number of esters is 1. The maximum Gasteiger partial charge on any atom is 0.408 e. The first kappa shape index (κ1) is 33.6. The van der Waals surface area contributed by atoms with Crippen LogP contribution in [0.15, 0.2) is 15.2 Å². The third kappa shape index (κ3) is 9.07. The summed E-state index contributed by atoms with van der Waals surface area (Å²) in [6, 6.07) is -1.62. The fourth-order valence-electron chi connectivity index (χ4n) is 3.73. The molecule has 0 radical (unpaired) electrons. The quantitative estimate of drug-likeness (QED) is 0.236. The zero-order valence-corrected chi connectivity index (χ0v) is 27.3. The average Bonchev–Trinajstić information content (AvgIpc) is 3.65. The van der Waals surface area contributed by atoms with Gasteiger partial charge in [0.15, 0.2) is 11.4 Å². The number of aromatic nitrogens is 3. The highest BCUT2D eigenvalue weighted by molar-refractivity contribution is 7.10. The molecule has 0 bridgehead atoms. The number of nitrogens with one attached hydrogen (secondary N) is 3. The van der Waals surface area contributed by atoms with E-state index in [1.165, 1.54) is 22.7 Å². The molecule has 13 nitrogen and oxygen atoms in total. The summed E-state index contributed by atoms with van der Waals surface area (Å²) in [5.74, 6) is -1.04. The number of amides is 3. The van der Waals surface area contributed by atoms with Crippen LogP contribution in [-0.4, -0.2) is 51.0 Å². The number of oxazole rings is 1. The highest BCUT2D eigenvalue weighted by Crippen LogP contribution is 2.27. The molecule has 3 aromatic heterocycles. The summed E-state index contributed by atoms with van der Waals surface area (Å²) in [5.41, 5.74) is -0.209. The first-order valence-corrected chi connectivity index (χ1v) is 15.5. The van der Waals surface area contributed by atoms with Gasteiger partial charge in [-0.2, -0.15) is 0 Å². The van der Waals surface area contributed by atoms with Gasteiger partial charge in [-0.1, -0.05) is 13.8 Å². The molecule has 43 heavy (non-hydrogen) atoms. The molecular weight excluding hydrogens is 596 g/mol. The van der Waals surface area contributed by atoms with E-state index in [4.69, 9.17) is 13.9 Å². The summed E-state index contributed by atoms with van der Waals surface area (Å²) < 4.78 is 15.9. The number of rotatable bonds is 11. The fourth-order valence-corrected chi connectivity index (χ4v) is 5.55. The van der Waals surface area contributed by atoms with Gasteiger partial charge in [0.1, 0.15) is 33.1 Å². The Hall–Kier alpha value is -3.85. The van der Waals surface area contributed by atoms with Crippen LogP contribution in [0.2, 0.25) is 0 Å². The van der Waals surface area contributed by atoms with Crippen molar-refractivity contribution >= 4 is 46.6 Å². The molecular formula is C28H38N6O7S2. The molecule has 0 spiro atoms. The highest BCUT2D eigenvalue weighted by atomic mass is 32.1. The summed E-state index contributed by atoms with van der Waals surface area (Å²) in [4.78, 5) is 63.3. The Kier molecular flexibility index (Phi) is 11.0. The zero-order chi connectivity index (χ0) is 32.1. The molecule has 0 unspecified atom stereocenters. The van der Waals surface area contributed by atoms with E-state index in [9.17, 15) is 19.2 Å². The summed E-state index contributed by atoms with van der Waals surface area (Å²) in [7, 11) is 0. The van der Waals surface area contributed by atoms with Crippen LogP contribution < -0.4 is 16.0 Å². The van der Waals surface area contributed by atoms with Crippen LogP contribution in [0.1, 0.15) is 127 Å². The van der Waals surface area contributed by atoms with Crippen molar-refractivity contribution in [2.75, 3.05) is 6.61 Å². The van der Waals surface area contributed by atoms with E-state index in [1.54, 1.807) is 59.2 Å². The molecule has 0 aliphatic carbocycles. The number of carbonyl (C=O) groups is 4. The molecule has 15 heteroatoms. The molecule has 3 rings (SSSR count). The minimum atomic E-state index is -0.668. The van der Waals surface area contributed by atoms with Gasteiger partial charge < -0.3 is 29.8 Å². The Balaban J connectivity index is 1.67. The van der Waals surface area contributed by atoms with Gasteiger partial charge >= 0.3 is 12.1 Å². The molecule has 3 aromatic rings. The van der Waals surface area contributed by atoms with Crippen molar-refractivity contribution in [3.8, 4) is 0 Å². The molecule has 0 saturated heterocycles. The van der Waals surface area contributed by atoms with Gasteiger partial charge in [0, 0.05) is 10.8 Å². The minimum Gasteiger partial charge on any atom is -0.461 e. The van der Waals surface area contributed by atoms with E-state index >= 15 is 0 Å². The van der Waals surface area contributed by atoms with Gasteiger partial charge in [0.2, 0.25) is 5.89 Å². The second-order valence-electron chi connectivity index (χ2n) is 11.1. The largest absolute Gasteiger partial charge is 0.461 e. The Morgan fingerprint density at radius 3 is 2.14 bits per heavy atom. The van der Waals surface area contributed by atoms with E-state index in [0.29, 0.717) is 10.0 Å². The number of hydrogen-bond acceptors (Lipinski definition) is 12. The van der Waals surface area contributed by atoms with Gasteiger partial charge in [0.25, 0.3) is 11.8 Å². The Morgan fingerprint density at radius 1 is 0.884 bits per heavy atom. The first-order chi connectivity index (χ1) is 20.1. The molecule has 0 aliphatic heterocycles. The number of carbonyl (C=O) groups excluding carboxylic acids is 4. The zero-order valence-electron chi connectivity index (χ0n) is 25.7. The van der Waals surface area contributed by atoms with Crippen LogP contribution in [0.4, 0.5) is 4.79 Å². The van der Waals surface area contributed by atoms with Gasteiger partial charge in [-0.05, 0) is 54.4 Å². The maximum absolute atomic E-state index is 13.2. The van der Waals surface area contributed by atoms with Crippen LogP contribution >= 0.6 is 22.7 Å². The van der Waals surface area contributed by atoms with Crippen LogP contribution in [-0.2, 0) is 9.47 Å². The predicted molar refractivity (Wildman–Crippen MR) is 160 cm³/mol. The predicted octanol–water partition coefficient (Wildman–Crippen LogP) is 5.28. The van der Waals surface area contributed by atoms with E-state index in [1.807, 2.05) is 13.8 Å². The number of ether oxygens (including phenoxy) is 2. The highest BCUT2D eigenvalue weighted by Gasteiger charge is 2.28. The Labute approximate surface area is 258 Å². The van der Waals surface area contributed by atoms with E-state index in [2.05, 4.69) is 30.9 Å². The van der Waals surface area contributed by atoms with Gasteiger partial charge in [-0.25, -0.2) is 24.5 Å². The van der Waals surface area contributed by atoms with Crippen molar-refractivity contribution in [2.45, 2.75) is 86.0 Å². The molecule has 0 aliphatic rings. The smallest absolute Gasteiger partial charge is 0.408 e. The molecule has 0 fully saturated rings. The van der Waals surface area contributed by atoms with Crippen molar-refractivity contribution in [3.63, 3.8) is 0 Å². The Bertz CT molecular complexity index is 1460. The van der Waals surface area contributed by atoms with Crippen molar-refractivity contribution in [3.05, 3.63) is 49.5 Å². The average molecular weight is 635 g/mol. The standard InChI is InChI=1S/C28H38N6O7S2/c1-10-39-26(37)18-12-42-24(32-18)15(5)29-21(35)17-11-43-25(31-17)19(13(2)3)33-22(36)20-16(6)40-23(34-20)14(4)30-27(38)41-28(7,8)9/h11-15,19H,10H2,1-9H3,(H,29,35)(H,30,38)(H,33,36)/t14-,15-,19-/m1/s1. The van der Waals surface area contributed by atoms with Crippen molar-refractivity contribution in [1.82, 2.24) is 30.9 Å². The summed E-state index contributed by atoms with van der Waals surface area (Å²) >= 11 is 2.49. The summed E-state index contributed by atoms with van der Waals surface area (Å²) in [6.07, 6.45) is -0.632. The van der Waals surface area contributed by atoms with Crippen LogP contribution in [0.25, 0.3) is 0 Å². The molecule has 234 valence electrons. The van der Waals surface area contributed by atoms with E-state index in [-0.39, 0.29) is 41.3 Å². The summed E-state index contributed by atoms with van der Waals surface area (Å²) in [5, 5.41) is 12.7. The minimum absolute atomic E-state index is 0.0685. The number of aryl methyl sites for hydroxylation is 1. The van der Waals surface area contributed by atoms with Gasteiger partial charge in [0.05, 0.1) is 18.7 Å². The second kappa shape index (κ2) is 14.1. The maximum atomic E-state index is 13.2. The molecule has 3 atom stereocenters. The number of alkyl carbamates (subject to hydrolysis) is 1. The molecule has 3 N–H and O–H groups in total. The third-order valence-electron chi connectivity index (χ3n) is 5.83. The molecule has 0 saturated carbocycles. The molecule has 3 amide bonds. The SMILES string of the molecule is CCOC(=O)c1csc([C@@H](C)NC(=O)c2csc([C@H](NC(=O)c3nc([C@@H](C)NC(=O)OC(C)(C)C)oc3C)C(C)C)n2)n1. The fraction of sp³-hybridized carbons (Fsp3) is 0.536. The monoisotopic (exact) mass is 634 g/mol. The molecule has 0 aromatic carbocycles. The number of nitrogens with zero attached hydrogens (tertiary/aromatic N) is 3. The lowest BCUT2D eigenvalue weighted by Crippen LogP contribution is -2.34. The Morgan fingerprint density at radius 2 is 1.51 bits per heavy atom. The van der Waals surface area contributed by atoms with Gasteiger partial charge in [-0.15, -0.1) is 22.7 Å². The lowest BCUT2D eigenvalue weighted by atomic mass is 10.0. The van der Waals surface area contributed by atoms with Gasteiger partial charge in [-0.3, -0.25) is 9.59 Å². The molecule has 3 heterocycles. The topological polar surface area (TPSA) is 175 Å². The van der Waals surface area contributed by atoms with E-state index < -0.39 is 47.6 Å². The van der Waals surface area contributed by atoms with E-state index in [0.717, 1.165) is 0 Å². The van der Waals surface area contributed by atoms with Crippen molar-refractivity contribution in [2.24, 2.45) is 5.92 Å². The van der Waals surface area contributed by atoms with Crippen LogP contribution in [0, 0.1) is 12.8 Å². The van der Waals surface area contributed by atoms with Crippen molar-refractivity contribution in [1.29, 1.82) is 0 Å². The summed E-state index contributed by atoms with van der Waals surface area (Å²) in [6.45, 7) is 16.1. The lowest BCUT2D eigenvalue weighted by Gasteiger charge is -2.21. The normalized spacial score (nSPS) is 13.6. The lowest BCUT2D eigenvalue weighted by molar-refractivity contribution is 0.0496. The van der Waals surface area contributed by atoms with Crippen LogP contribution in [0.3, 0.4) is 0 Å². The van der Waals surface area contributed by atoms with Crippen molar-refractivity contribution < 1.29 is 33.1 Å². The number of hydrogen-bond donors (Lipinski definition) is 3.